The molecule has 1 heterocycles. The van der Waals surface area contributed by atoms with Gasteiger partial charge in [0, 0.05) is 17.0 Å². The summed E-state index contributed by atoms with van der Waals surface area (Å²) in [5.74, 6) is -1.58. The first-order chi connectivity index (χ1) is 11.9. The average Bonchev–Trinajstić information content (AvgIpc) is 3.19. The van der Waals surface area contributed by atoms with Crippen molar-refractivity contribution >= 4 is 27.1 Å². The van der Waals surface area contributed by atoms with Crippen molar-refractivity contribution in [1.82, 2.24) is 10.3 Å². The van der Waals surface area contributed by atoms with Crippen molar-refractivity contribution in [2.24, 2.45) is 0 Å². The van der Waals surface area contributed by atoms with Gasteiger partial charge in [-0.25, -0.2) is 17.8 Å². The highest BCUT2D eigenvalue weighted by Crippen LogP contribution is 2.25. The van der Waals surface area contributed by atoms with Gasteiger partial charge in [-0.1, -0.05) is 12.8 Å². The summed E-state index contributed by atoms with van der Waals surface area (Å²) < 4.78 is 37.4. The fourth-order valence-electron chi connectivity index (χ4n) is 2.91. The van der Waals surface area contributed by atoms with Crippen molar-refractivity contribution in [1.29, 1.82) is 0 Å². The van der Waals surface area contributed by atoms with Crippen LogP contribution in [0.25, 0.3) is 10.6 Å². The SMILES string of the molecule is O=C(CS(=O)(=O)Cc1csc(-c2ccc(F)cc2)n1)NC1CCCC1. The van der Waals surface area contributed by atoms with Crippen LogP contribution < -0.4 is 5.32 Å². The number of halogens is 1. The molecule has 0 spiro atoms. The van der Waals surface area contributed by atoms with Crippen LogP contribution in [0.2, 0.25) is 0 Å². The Hall–Kier alpha value is -1.80. The summed E-state index contributed by atoms with van der Waals surface area (Å²) in [5, 5.41) is 5.07. The van der Waals surface area contributed by atoms with E-state index < -0.39 is 21.5 Å². The Labute approximate surface area is 150 Å². The molecule has 2 aromatic rings. The molecule has 8 heteroatoms. The maximum atomic E-state index is 13.0. The molecule has 0 unspecified atom stereocenters. The molecule has 0 radical (unpaired) electrons. The minimum absolute atomic E-state index is 0.104. The number of benzene rings is 1. The van der Waals surface area contributed by atoms with E-state index >= 15 is 0 Å². The molecule has 0 aliphatic heterocycles. The van der Waals surface area contributed by atoms with Gasteiger partial charge < -0.3 is 5.32 Å². The zero-order valence-electron chi connectivity index (χ0n) is 13.6. The van der Waals surface area contributed by atoms with Crippen molar-refractivity contribution in [2.45, 2.75) is 37.5 Å². The van der Waals surface area contributed by atoms with Crippen LogP contribution in [-0.4, -0.2) is 31.1 Å². The predicted molar refractivity (Wildman–Crippen MR) is 95.4 cm³/mol. The summed E-state index contributed by atoms with van der Waals surface area (Å²) in [6.45, 7) is 0. The number of carbonyl (C=O) groups excluding carboxylic acids is 1. The Morgan fingerprint density at radius 2 is 1.92 bits per heavy atom. The number of hydrogen-bond donors (Lipinski definition) is 1. The normalized spacial score (nSPS) is 15.4. The van der Waals surface area contributed by atoms with Gasteiger partial charge in [0.2, 0.25) is 5.91 Å². The zero-order chi connectivity index (χ0) is 17.9. The Morgan fingerprint density at radius 1 is 1.24 bits per heavy atom. The van der Waals surface area contributed by atoms with Gasteiger partial charge in [-0.2, -0.15) is 0 Å². The molecule has 1 amide bonds. The fraction of sp³-hybridized carbons (Fsp3) is 0.412. The quantitative estimate of drug-likeness (QED) is 0.833. The Kier molecular flexibility index (Phi) is 5.48. The van der Waals surface area contributed by atoms with Crippen molar-refractivity contribution in [3.8, 4) is 10.6 Å². The predicted octanol–water partition coefficient (Wildman–Crippen LogP) is 2.92. The lowest BCUT2D eigenvalue weighted by Crippen LogP contribution is -2.37. The van der Waals surface area contributed by atoms with Gasteiger partial charge in [-0.15, -0.1) is 11.3 Å². The summed E-state index contributed by atoms with van der Waals surface area (Å²) in [5.41, 5.74) is 1.13. The number of hydrogen-bond acceptors (Lipinski definition) is 5. The van der Waals surface area contributed by atoms with E-state index in [9.17, 15) is 17.6 Å². The van der Waals surface area contributed by atoms with Crippen LogP contribution in [0, 0.1) is 5.82 Å². The van der Waals surface area contributed by atoms with Crippen LogP contribution in [-0.2, 0) is 20.4 Å². The van der Waals surface area contributed by atoms with E-state index in [-0.39, 0.29) is 17.6 Å². The first-order valence-electron chi connectivity index (χ1n) is 8.11. The Morgan fingerprint density at radius 3 is 2.60 bits per heavy atom. The first-order valence-corrected chi connectivity index (χ1v) is 10.8. The molecule has 0 atom stereocenters. The molecule has 1 aromatic carbocycles. The molecule has 1 saturated carbocycles. The van der Waals surface area contributed by atoms with Gasteiger partial charge in [0.15, 0.2) is 9.84 Å². The molecule has 0 bridgehead atoms. The van der Waals surface area contributed by atoms with Gasteiger partial charge in [0.25, 0.3) is 0 Å². The van der Waals surface area contributed by atoms with Crippen LogP contribution in [0.5, 0.6) is 0 Å². The Balaban J connectivity index is 1.60. The third kappa shape index (κ3) is 5.09. The molecule has 1 aliphatic carbocycles. The fourth-order valence-corrected chi connectivity index (χ4v) is 5.03. The van der Waals surface area contributed by atoms with Crippen molar-refractivity contribution in [3.63, 3.8) is 0 Å². The van der Waals surface area contributed by atoms with Gasteiger partial charge in [0.05, 0.1) is 11.4 Å². The van der Waals surface area contributed by atoms with E-state index in [2.05, 4.69) is 10.3 Å². The lowest BCUT2D eigenvalue weighted by atomic mass is 10.2. The number of nitrogens with zero attached hydrogens (tertiary/aromatic N) is 1. The van der Waals surface area contributed by atoms with E-state index in [0.29, 0.717) is 10.7 Å². The number of aromatic nitrogens is 1. The number of amides is 1. The van der Waals surface area contributed by atoms with Crippen LogP contribution >= 0.6 is 11.3 Å². The lowest BCUT2D eigenvalue weighted by Gasteiger charge is -2.11. The van der Waals surface area contributed by atoms with Crippen LogP contribution in [0.1, 0.15) is 31.4 Å². The number of thiazole rings is 1. The highest BCUT2D eigenvalue weighted by Gasteiger charge is 2.23. The second-order valence-corrected chi connectivity index (χ2v) is 9.15. The van der Waals surface area contributed by atoms with Crippen molar-refractivity contribution in [2.75, 3.05) is 5.75 Å². The summed E-state index contributed by atoms with van der Waals surface area (Å²) in [4.78, 5) is 16.2. The standard InChI is InChI=1S/C17H19FN2O3S2/c18-13-7-5-12(6-8-13)17-20-15(9-24-17)10-25(22,23)11-16(21)19-14-3-1-2-4-14/h5-9,14H,1-4,10-11H2,(H,19,21). The van der Waals surface area contributed by atoms with E-state index in [0.717, 1.165) is 31.2 Å². The Bertz CT molecular complexity index is 841. The lowest BCUT2D eigenvalue weighted by molar-refractivity contribution is -0.119. The van der Waals surface area contributed by atoms with Gasteiger partial charge in [-0.3, -0.25) is 4.79 Å². The van der Waals surface area contributed by atoms with E-state index in [1.54, 1.807) is 17.5 Å². The molecule has 5 nitrogen and oxygen atoms in total. The molecule has 1 aromatic heterocycles. The van der Waals surface area contributed by atoms with Gasteiger partial charge in [-0.05, 0) is 37.1 Å². The monoisotopic (exact) mass is 382 g/mol. The molecular weight excluding hydrogens is 363 g/mol. The number of rotatable bonds is 6. The van der Waals surface area contributed by atoms with Crippen LogP contribution in [0.4, 0.5) is 4.39 Å². The molecule has 0 saturated heterocycles. The minimum Gasteiger partial charge on any atom is -0.352 e. The molecule has 25 heavy (non-hydrogen) atoms. The summed E-state index contributed by atoms with van der Waals surface area (Å²) in [6.07, 6.45) is 3.98. The van der Waals surface area contributed by atoms with Crippen LogP contribution in [0.15, 0.2) is 29.6 Å². The second kappa shape index (κ2) is 7.61. The van der Waals surface area contributed by atoms with Crippen molar-refractivity contribution < 1.29 is 17.6 Å². The zero-order valence-corrected chi connectivity index (χ0v) is 15.2. The topological polar surface area (TPSA) is 76.1 Å². The largest absolute Gasteiger partial charge is 0.352 e. The van der Waals surface area contributed by atoms with Gasteiger partial charge in [0.1, 0.15) is 16.6 Å². The average molecular weight is 382 g/mol. The van der Waals surface area contributed by atoms with E-state index in [1.807, 2.05) is 0 Å². The summed E-state index contributed by atoms with van der Waals surface area (Å²) >= 11 is 1.30. The molecule has 1 aliphatic rings. The van der Waals surface area contributed by atoms with Crippen LogP contribution in [0.3, 0.4) is 0 Å². The molecule has 3 rings (SSSR count). The molecule has 134 valence electrons. The highest BCUT2D eigenvalue weighted by atomic mass is 32.2. The smallest absolute Gasteiger partial charge is 0.235 e. The summed E-state index contributed by atoms with van der Waals surface area (Å²) in [6, 6.07) is 5.97. The van der Waals surface area contributed by atoms with E-state index in [4.69, 9.17) is 0 Å². The maximum absolute atomic E-state index is 13.0. The first kappa shape index (κ1) is 18.0. The molecule has 1 fully saturated rings. The highest BCUT2D eigenvalue weighted by molar-refractivity contribution is 7.91. The third-order valence-electron chi connectivity index (χ3n) is 4.08. The minimum atomic E-state index is -3.58. The maximum Gasteiger partial charge on any atom is 0.235 e. The molecular formula is C17H19FN2O3S2. The van der Waals surface area contributed by atoms with Crippen molar-refractivity contribution in [3.05, 3.63) is 41.2 Å². The number of sulfone groups is 1. The van der Waals surface area contributed by atoms with Gasteiger partial charge >= 0.3 is 0 Å². The third-order valence-corrected chi connectivity index (χ3v) is 6.46. The molecule has 1 N–H and O–H groups in total. The summed E-state index contributed by atoms with van der Waals surface area (Å²) in [7, 11) is -3.58. The second-order valence-electron chi connectivity index (χ2n) is 6.23. The number of nitrogens with one attached hydrogen (secondary N) is 1. The van der Waals surface area contributed by atoms with E-state index in [1.165, 1.54) is 23.5 Å². The number of carbonyl (C=O) groups is 1.